The summed E-state index contributed by atoms with van der Waals surface area (Å²) in [4.78, 5) is 0. The Morgan fingerprint density at radius 2 is 1.94 bits per heavy atom. The van der Waals surface area contributed by atoms with Gasteiger partial charge in [-0.25, -0.2) is 0 Å². The van der Waals surface area contributed by atoms with Gasteiger partial charge in [0.2, 0.25) is 5.88 Å². The molecular formula is C21H29ClN2O8. The van der Waals surface area contributed by atoms with Crippen LogP contribution in [0.5, 0.6) is 11.6 Å². The number of rotatable bonds is 7. The van der Waals surface area contributed by atoms with Crippen LogP contribution in [0.25, 0.3) is 0 Å². The van der Waals surface area contributed by atoms with Crippen molar-refractivity contribution >= 4 is 11.6 Å². The van der Waals surface area contributed by atoms with Gasteiger partial charge in [0, 0.05) is 28.7 Å². The number of benzene rings is 1. The average Bonchev–Trinajstić information content (AvgIpc) is 3.06. The molecule has 32 heavy (non-hydrogen) atoms. The third kappa shape index (κ3) is 4.58. The van der Waals surface area contributed by atoms with Crippen molar-refractivity contribution in [3.8, 4) is 11.6 Å². The molecule has 2 heterocycles. The normalized spacial score (nSPS) is 28.2. The lowest BCUT2D eigenvalue weighted by atomic mass is 9.98. The molecule has 1 aromatic carbocycles. The van der Waals surface area contributed by atoms with Crippen LogP contribution in [0.3, 0.4) is 0 Å². The molecule has 11 heteroatoms. The van der Waals surface area contributed by atoms with Crippen LogP contribution in [0.1, 0.15) is 36.7 Å². The largest absolute Gasteiger partial charge is 0.497 e. The minimum Gasteiger partial charge on any atom is -0.497 e. The summed E-state index contributed by atoms with van der Waals surface area (Å²) in [6.45, 7) is 4.93. The molecular weight excluding hydrogens is 444 g/mol. The molecule has 1 saturated heterocycles. The summed E-state index contributed by atoms with van der Waals surface area (Å²) in [6, 6.07) is 5.17. The molecule has 178 valence electrons. The SMILES string of the molecule is COc1ccc(Cc2c(OC3(O)O[C@H](CO)[C@@H](O)[C@@H](O)[C@H]3O)nn(C(C)C)c2C)c(Cl)c1. The molecule has 10 nitrogen and oxygen atoms in total. The highest BCUT2D eigenvalue weighted by Gasteiger charge is 2.55. The summed E-state index contributed by atoms with van der Waals surface area (Å²) in [5, 5.41) is 55.6. The maximum Gasteiger partial charge on any atom is 0.356 e. The van der Waals surface area contributed by atoms with Crippen LogP contribution in [-0.2, 0) is 11.2 Å². The van der Waals surface area contributed by atoms with Crippen LogP contribution < -0.4 is 9.47 Å². The van der Waals surface area contributed by atoms with Crippen molar-refractivity contribution in [1.82, 2.24) is 9.78 Å². The first-order chi connectivity index (χ1) is 15.0. The second kappa shape index (κ2) is 9.52. The number of hydrogen-bond donors (Lipinski definition) is 5. The minimum atomic E-state index is -2.76. The zero-order valence-corrected chi connectivity index (χ0v) is 19.0. The quantitative estimate of drug-likeness (QED) is 0.364. The van der Waals surface area contributed by atoms with Gasteiger partial charge >= 0.3 is 5.97 Å². The van der Waals surface area contributed by atoms with E-state index in [1.165, 1.54) is 7.11 Å². The minimum absolute atomic E-state index is 0.0510. The van der Waals surface area contributed by atoms with E-state index in [2.05, 4.69) is 5.10 Å². The van der Waals surface area contributed by atoms with Crippen LogP contribution >= 0.6 is 11.6 Å². The van der Waals surface area contributed by atoms with Crippen LogP contribution in [0.2, 0.25) is 5.02 Å². The third-order valence-corrected chi connectivity index (χ3v) is 5.88. The highest BCUT2D eigenvalue weighted by atomic mass is 35.5. The summed E-state index contributed by atoms with van der Waals surface area (Å²) in [7, 11) is 1.54. The van der Waals surface area contributed by atoms with Gasteiger partial charge in [0.1, 0.15) is 24.1 Å². The molecule has 5 N–H and O–H groups in total. The van der Waals surface area contributed by atoms with E-state index in [1.807, 2.05) is 20.8 Å². The Labute approximate surface area is 190 Å². The number of methoxy groups -OCH3 is 1. The Kier molecular flexibility index (Phi) is 7.35. The smallest absolute Gasteiger partial charge is 0.356 e. The number of hydrogen-bond acceptors (Lipinski definition) is 9. The predicted octanol–water partition coefficient (Wildman–Crippen LogP) is 0.524. The fraction of sp³-hybridized carbons (Fsp3) is 0.571. The molecule has 5 atom stereocenters. The van der Waals surface area contributed by atoms with E-state index in [-0.39, 0.29) is 18.3 Å². The van der Waals surface area contributed by atoms with Crippen molar-refractivity contribution in [3.63, 3.8) is 0 Å². The van der Waals surface area contributed by atoms with Crippen LogP contribution in [0.15, 0.2) is 18.2 Å². The molecule has 1 fully saturated rings. The van der Waals surface area contributed by atoms with Crippen molar-refractivity contribution in [3.05, 3.63) is 40.0 Å². The lowest BCUT2D eigenvalue weighted by Gasteiger charge is -2.43. The Bertz CT molecular complexity index is 950. The van der Waals surface area contributed by atoms with Gasteiger partial charge in [-0.1, -0.05) is 17.7 Å². The van der Waals surface area contributed by atoms with Crippen molar-refractivity contribution < 1.29 is 39.7 Å². The highest BCUT2D eigenvalue weighted by Crippen LogP contribution is 2.35. The number of halogens is 1. The first-order valence-corrected chi connectivity index (χ1v) is 10.5. The average molecular weight is 473 g/mol. The van der Waals surface area contributed by atoms with Gasteiger partial charge < -0.3 is 39.7 Å². The van der Waals surface area contributed by atoms with Gasteiger partial charge in [-0.3, -0.25) is 4.68 Å². The van der Waals surface area contributed by atoms with E-state index >= 15 is 0 Å². The van der Waals surface area contributed by atoms with Gasteiger partial charge in [-0.2, -0.15) is 0 Å². The van der Waals surface area contributed by atoms with Crippen LogP contribution in [0.4, 0.5) is 0 Å². The fourth-order valence-electron chi connectivity index (χ4n) is 3.65. The Morgan fingerprint density at radius 3 is 2.50 bits per heavy atom. The maximum atomic E-state index is 10.9. The summed E-state index contributed by atoms with van der Waals surface area (Å²) in [5.74, 6) is -2.21. The molecule has 2 aromatic rings. The lowest BCUT2D eigenvalue weighted by Crippen LogP contribution is -2.67. The summed E-state index contributed by atoms with van der Waals surface area (Å²) >= 11 is 6.40. The van der Waals surface area contributed by atoms with Gasteiger partial charge in [-0.05, 0) is 38.5 Å². The van der Waals surface area contributed by atoms with Crippen molar-refractivity contribution in [2.75, 3.05) is 13.7 Å². The first kappa shape index (κ1) is 24.7. The molecule has 1 unspecified atom stereocenters. The van der Waals surface area contributed by atoms with Crippen molar-refractivity contribution in [2.24, 2.45) is 0 Å². The van der Waals surface area contributed by atoms with Crippen LogP contribution in [-0.4, -0.2) is 79.4 Å². The van der Waals surface area contributed by atoms with Crippen LogP contribution in [0, 0.1) is 6.92 Å². The van der Waals surface area contributed by atoms with Gasteiger partial charge in [0.25, 0.3) is 0 Å². The van der Waals surface area contributed by atoms with E-state index in [4.69, 9.17) is 25.8 Å². The molecule has 0 bridgehead atoms. The Morgan fingerprint density at radius 1 is 1.25 bits per heavy atom. The second-order valence-corrected chi connectivity index (χ2v) is 8.45. The number of nitrogens with zero attached hydrogens (tertiary/aromatic N) is 2. The highest BCUT2D eigenvalue weighted by molar-refractivity contribution is 6.31. The maximum absolute atomic E-state index is 10.9. The van der Waals surface area contributed by atoms with E-state index in [1.54, 1.807) is 22.9 Å². The number of aliphatic hydroxyl groups excluding tert-OH is 4. The van der Waals surface area contributed by atoms with Gasteiger partial charge in [0.15, 0.2) is 6.10 Å². The molecule has 0 saturated carbocycles. The lowest BCUT2D eigenvalue weighted by molar-refractivity contribution is -0.423. The monoisotopic (exact) mass is 472 g/mol. The molecule has 1 aromatic heterocycles. The molecule has 3 rings (SSSR count). The molecule has 0 amide bonds. The van der Waals surface area contributed by atoms with Crippen molar-refractivity contribution in [2.45, 2.75) is 63.6 Å². The van der Waals surface area contributed by atoms with E-state index in [0.29, 0.717) is 16.3 Å². The Hall–Kier alpha value is -1.92. The van der Waals surface area contributed by atoms with E-state index < -0.39 is 37.0 Å². The second-order valence-electron chi connectivity index (χ2n) is 8.04. The van der Waals surface area contributed by atoms with Gasteiger partial charge in [0.05, 0.1) is 13.7 Å². The predicted molar refractivity (Wildman–Crippen MR) is 114 cm³/mol. The first-order valence-electron chi connectivity index (χ1n) is 10.2. The third-order valence-electron chi connectivity index (χ3n) is 5.52. The molecule has 1 aliphatic heterocycles. The summed E-state index contributed by atoms with van der Waals surface area (Å²) in [6.07, 6.45) is -6.57. The van der Waals surface area contributed by atoms with Gasteiger partial charge in [-0.15, -0.1) is 5.10 Å². The fourth-order valence-corrected chi connectivity index (χ4v) is 3.89. The number of aromatic nitrogens is 2. The number of aliphatic hydroxyl groups is 5. The standard InChI is InChI=1S/C21H29ClN2O8/c1-10(2)24-11(3)14(7-12-5-6-13(30-4)8-15(12)22)20(23-24)32-21(29)19(28)18(27)17(26)16(9-25)31-21/h5-6,8,10,16-19,25-29H,7,9H2,1-4H3/t16-,17-,18-,19-,21?/m1/s1. The molecule has 0 spiro atoms. The zero-order valence-electron chi connectivity index (χ0n) is 18.3. The Balaban J connectivity index is 2.00. The zero-order chi connectivity index (χ0) is 23.8. The summed E-state index contributed by atoms with van der Waals surface area (Å²) < 4.78 is 17.7. The van der Waals surface area contributed by atoms with Crippen molar-refractivity contribution in [1.29, 1.82) is 0 Å². The molecule has 0 radical (unpaired) electrons. The number of ether oxygens (including phenoxy) is 3. The van der Waals surface area contributed by atoms with E-state index in [9.17, 15) is 25.5 Å². The molecule has 0 aliphatic carbocycles. The molecule has 1 aliphatic rings. The summed E-state index contributed by atoms with van der Waals surface area (Å²) in [5.41, 5.74) is 2.04. The van der Waals surface area contributed by atoms with E-state index in [0.717, 1.165) is 11.3 Å². The topological polar surface area (TPSA) is 147 Å².